The zero-order chi connectivity index (χ0) is 14.7. The van der Waals surface area contributed by atoms with Gasteiger partial charge in [-0.1, -0.05) is 17.7 Å². The number of halogens is 1. The zero-order valence-corrected chi connectivity index (χ0v) is 12.4. The van der Waals surface area contributed by atoms with Gasteiger partial charge < -0.3 is 15.5 Å². The Morgan fingerprint density at radius 3 is 2.37 bits per heavy atom. The number of benzene rings is 1. The maximum Gasteiger partial charge on any atom is 0.175 e. The molecule has 1 aromatic carbocycles. The van der Waals surface area contributed by atoms with E-state index < -0.39 is 15.4 Å². The first-order valence-corrected chi connectivity index (χ1v) is 7.94. The van der Waals surface area contributed by atoms with Gasteiger partial charge in [-0.2, -0.15) is 0 Å². The smallest absolute Gasteiger partial charge is 0.175 e. The molecule has 0 aliphatic carbocycles. The van der Waals surface area contributed by atoms with Crippen LogP contribution in [-0.2, 0) is 16.4 Å². The molecule has 1 aromatic rings. The third-order valence-corrected chi connectivity index (χ3v) is 4.40. The molecule has 108 valence electrons. The number of aliphatic hydroxyl groups excluding tert-OH is 2. The lowest BCUT2D eigenvalue weighted by molar-refractivity contribution is 0.103. The molecule has 0 saturated heterocycles. The molecule has 1 rings (SSSR count). The average molecular weight is 308 g/mol. The summed E-state index contributed by atoms with van der Waals surface area (Å²) in [5.41, 5.74) is -0.465. The summed E-state index contributed by atoms with van der Waals surface area (Å²) in [5, 5.41) is 21.6. The molecule has 3 N–H and O–H groups in total. The van der Waals surface area contributed by atoms with Crippen LogP contribution in [0.25, 0.3) is 0 Å². The van der Waals surface area contributed by atoms with Gasteiger partial charge in [0.15, 0.2) is 9.84 Å². The predicted molar refractivity (Wildman–Crippen MR) is 74.0 cm³/mol. The van der Waals surface area contributed by atoms with Crippen molar-refractivity contribution in [1.82, 2.24) is 5.32 Å². The topological polar surface area (TPSA) is 86.6 Å². The lowest BCUT2D eigenvalue weighted by Crippen LogP contribution is -2.48. The standard InChI is InChI=1S/C12H18ClNO4S/c1-12(7-15,8-16)14-6-9-10(13)4-3-5-11(9)19(2,17)18/h3-5,14-16H,6-8H2,1-2H3. The van der Waals surface area contributed by atoms with Gasteiger partial charge in [-0.05, 0) is 19.1 Å². The summed E-state index contributed by atoms with van der Waals surface area (Å²) in [4.78, 5) is 0.144. The highest BCUT2D eigenvalue weighted by molar-refractivity contribution is 7.90. The quantitative estimate of drug-likeness (QED) is 0.715. The Labute approximate surface area is 118 Å². The Kier molecular flexibility index (Phi) is 5.34. The molecule has 0 fully saturated rings. The fourth-order valence-corrected chi connectivity index (χ4v) is 2.77. The molecular weight excluding hydrogens is 290 g/mol. The second kappa shape index (κ2) is 6.19. The summed E-state index contributed by atoms with van der Waals surface area (Å²) in [5.74, 6) is 0. The molecule has 0 atom stereocenters. The highest BCUT2D eigenvalue weighted by Gasteiger charge is 2.23. The van der Waals surface area contributed by atoms with Crippen LogP contribution in [0.3, 0.4) is 0 Å². The number of aliphatic hydroxyl groups is 2. The van der Waals surface area contributed by atoms with Gasteiger partial charge in [0.25, 0.3) is 0 Å². The third kappa shape index (κ3) is 4.15. The van der Waals surface area contributed by atoms with Crippen LogP contribution in [0.2, 0.25) is 5.02 Å². The lowest BCUT2D eigenvalue weighted by Gasteiger charge is -2.27. The Bertz CT molecular complexity index is 541. The Morgan fingerprint density at radius 1 is 1.32 bits per heavy atom. The van der Waals surface area contributed by atoms with Gasteiger partial charge in [-0.15, -0.1) is 0 Å². The first-order chi connectivity index (χ1) is 8.73. The van der Waals surface area contributed by atoms with E-state index in [0.29, 0.717) is 10.6 Å². The number of sulfone groups is 1. The van der Waals surface area contributed by atoms with E-state index in [1.807, 2.05) is 0 Å². The summed E-state index contributed by atoms with van der Waals surface area (Å²) >= 11 is 6.02. The molecule has 0 unspecified atom stereocenters. The van der Waals surface area contributed by atoms with E-state index in [1.165, 1.54) is 6.07 Å². The molecule has 5 nitrogen and oxygen atoms in total. The van der Waals surface area contributed by atoms with Crippen molar-refractivity contribution in [3.8, 4) is 0 Å². The lowest BCUT2D eigenvalue weighted by atomic mass is 10.0. The van der Waals surface area contributed by atoms with Crippen LogP contribution in [0.1, 0.15) is 12.5 Å². The molecule has 0 aromatic heterocycles. The van der Waals surface area contributed by atoms with Gasteiger partial charge in [0.1, 0.15) is 0 Å². The van der Waals surface area contributed by atoms with E-state index in [0.717, 1.165) is 6.26 Å². The van der Waals surface area contributed by atoms with Crippen LogP contribution in [0, 0.1) is 0 Å². The summed E-state index contributed by atoms with van der Waals surface area (Å²) < 4.78 is 23.4. The van der Waals surface area contributed by atoms with E-state index in [9.17, 15) is 18.6 Å². The van der Waals surface area contributed by atoms with E-state index >= 15 is 0 Å². The van der Waals surface area contributed by atoms with Crippen molar-refractivity contribution in [3.05, 3.63) is 28.8 Å². The predicted octanol–water partition coefficient (Wildman–Crippen LogP) is 0.576. The van der Waals surface area contributed by atoms with Crippen molar-refractivity contribution < 1.29 is 18.6 Å². The highest BCUT2D eigenvalue weighted by atomic mass is 35.5. The van der Waals surface area contributed by atoms with Crippen molar-refractivity contribution in [2.45, 2.75) is 23.9 Å². The molecule has 0 heterocycles. The second-order valence-electron chi connectivity index (χ2n) is 4.72. The van der Waals surface area contributed by atoms with Crippen molar-refractivity contribution in [2.24, 2.45) is 0 Å². The number of hydrogen-bond donors (Lipinski definition) is 3. The molecule has 0 aliphatic rings. The fraction of sp³-hybridized carbons (Fsp3) is 0.500. The highest BCUT2D eigenvalue weighted by Crippen LogP contribution is 2.24. The van der Waals surface area contributed by atoms with Crippen LogP contribution < -0.4 is 5.32 Å². The second-order valence-corrected chi connectivity index (χ2v) is 7.11. The van der Waals surface area contributed by atoms with Crippen molar-refractivity contribution in [2.75, 3.05) is 19.5 Å². The Morgan fingerprint density at radius 2 is 1.89 bits per heavy atom. The Hall–Kier alpha value is -0.660. The van der Waals surface area contributed by atoms with Crippen LogP contribution in [0.4, 0.5) is 0 Å². The van der Waals surface area contributed by atoms with Crippen LogP contribution in [0.15, 0.2) is 23.1 Å². The summed E-state index contributed by atoms with van der Waals surface area (Å²) in [6, 6.07) is 4.65. The average Bonchev–Trinajstić information content (AvgIpc) is 2.35. The summed E-state index contributed by atoms with van der Waals surface area (Å²) in [7, 11) is -3.39. The van der Waals surface area contributed by atoms with E-state index in [2.05, 4.69) is 5.32 Å². The molecule has 0 bridgehead atoms. The van der Waals surface area contributed by atoms with Gasteiger partial charge in [0.05, 0.1) is 23.6 Å². The van der Waals surface area contributed by atoms with Gasteiger partial charge in [-0.3, -0.25) is 0 Å². The first-order valence-electron chi connectivity index (χ1n) is 5.68. The van der Waals surface area contributed by atoms with Crippen LogP contribution >= 0.6 is 11.6 Å². The van der Waals surface area contributed by atoms with Gasteiger partial charge in [0, 0.05) is 23.4 Å². The van der Waals surface area contributed by atoms with E-state index in [1.54, 1.807) is 19.1 Å². The molecule has 0 spiro atoms. The maximum absolute atomic E-state index is 11.7. The minimum Gasteiger partial charge on any atom is -0.394 e. The SMILES string of the molecule is CC(CO)(CO)NCc1c(Cl)cccc1S(C)(=O)=O. The minimum atomic E-state index is -3.39. The molecule has 7 heteroatoms. The van der Waals surface area contributed by atoms with Gasteiger partial charge in [0.2, 0.25) is 0 Å². The first kappa shape index (κ1) is 16.4. The third-order valence-electron chi connectivity index (χ3n) is 2.87. The summed E-state index contributed by atoms with van der Waals surface area (Å²) in [6.45, 7) is 1.22. The molecule has 19 heavy (non-hydrogen) atoms. The maximum atomic E-state index is 11.7. The molecular formula is C12H18ClNO4S. The van der Waals surface area contributed by atoms with Crippen molar-refractivity contribution in [1.29, 1.82) is 0 Å². The normalized spacial score (nSPS) is 12.7. The largest absolute Gasteiger partial charge is 0.394 e. The van der Waals surface area contributed by atoms with E-state index in [-0.39, 0.29) is 24.7 Å². The fourth-order valence-electron chi connectivity index (χ4n) is 1.52. The zero-order valence-electron chi connectivity index (χ0n) is 10.9. The number of nitrogens with one attached hydrogen (secondary N) is 1. The molecule has 0 radical (unpaired) electrons. The van der Waals surface area contributed by atoms with Crippen LogP contribution in [-0.4, -0.2) is 43.6 Å². The van der Waals surface area contributed by atoms with E-state index in [4.69, 9.17) is 11.6 Å². The van der Waals surface area contributed by atoms with Crippen molar-refractivity contribution >= 4 is 21.4 Å². The number of rotatable bonds is 6. The minimum absolute atomic E-state index is 0.139. The number of hydrogen-bond acceptors (Lipinski definition) is 5. The summed E-state index contributed by atoms with van der Waals surface area (Å²) in [6.07, 6.45) is 1.11. The monoisotopic (exact) mass is 307 g/mol. The molecule has 0 aliphatic heterocycles. The molecule has 0 saturated carbocycles. The van der Waals surface area contributed by atoms with Crippen molar-refractivity contribution in [3.63, 3.8) is 0 Å². The van der Waals surface area contributed by atoms with Crippen LogP contribution in [0.5, 0.6) is 0 Å². The molecule has 0 amide bonds. The van der Waals surface area contributed by atoms with Gasteiger partial charge >= 0.3 is 0 Å². The Balaban J connectivity index is 3.08. The van der Waals surface area contributed by atoms with Gasteiger partial charge in [-0.25, -0.2) is 8.42 Å².